The van der Waals surface area contributed by atoms with E-state index in [4.69, 9.17) is 4.74 Å². The number of imidazole rings is 1. The number of aliphatic hydroxyl groups excluding tert-OH is 1. The summed E-state index contributed by atoms with van der Waals surface area (Å²) in [7, 11) is 0. The minimum absolute atomic E-state index is 0.0969. The lowest BCUT2D eigenvalue weighted by atomic mass is 9.93. The van der Waals surface area contributed by atoms with E-state index in [0.717, 1.165) is 11.1 Å². The van der Waals surface area contributed by atoms with Crippen molar-refractivity contribution in [3.8, 4) is 5.75 Å². The molecule has 7 heteroatoms. The standard InChI is InChI=1S/C29H31N3O4/c1-4-18-36-24-12-10-23(11-13-24)27(33)25-26(22-8-6-21(7-9-22)20(2)3)32(29(35)28(25)34)16-5-15-31-17-14-30-19-31/h4,6-14,17,19-20,26,33H,1,5,15-16,18H2,2-3H3/b27-25-. The molecule has 1 N–H and O–H groups in total. The normalized spacial score (nSPS) is 17.1. The van der Waals surface area contributed by atoms with Gasteiger partial charge in [-0.25, -0.2) is 4.98 Å². The average Bonchev–Trinajstić information content (AvgIpc) is 3.50. The summed E-state index contributed by atoms with van der Waals surface area (Å²) >= 11 is 0. The summed E-state index contributed by atoms with van der Waals surface area (Å²) in [6, 6.07) is 14.0. The van der Waals surface area contributed by atoms with Crippen LogP contribution in [0, 0.1) is 0 Å². The second kappa shape index (κ2) is 11.1. The van der Waals surface area contributed by atoms with Crippen molar-refractivity contribution in [1.82, 2.24) is 14.5 Å². The molecular formula is C29H31N3O4. The van der Waals surface area contributed by atoms with Gasteiger partial charge in [0.1, 0.15) is 18.1 Å². The molecule has 0 bridgehead atoms. The molecule has 1 unspecified atom stereocenters. The smallest absolute Gasteiger partial charge is 0.295 e. The summed E-state index contributed by atoms with van der Waals surface area (Å²) in [6.45, 7) is 9.24. The minimum Gasteiger partial charge on any atom is -0.507 e. The number of Topliss-reactive ketones (excluding diaryl/α,β-unsaturated/α-hetero) is 1. The lowest BCUT2D eigenvalue weighted by molar-refractivity contribution is -0.139. The number of aryl methyl sites for hydroxylation is 1. The van der Waals surface area contributed by atoms with E-state index < -0.39 is 17.7 Å². The van der Waals surface area contributed by atoms with Crippen LogP contribution < -0.4 is 4.74 Å². The Labute approximate surface area is 211 Å². The van der Waals surface area contributed by atoms with Gasteiger partial charge in [0.15, 0.2) is 0 Å². The number of ether oxygens (including phenoxy) is 1. The van der Waals surface area contributed by atoms with Crippen molar-refractivity contribution in [2.45, 2.75) is 38.8 Å². The molecule has 1 aliphatic rings. The number of carbonyl (C=O) groups is 2. The van der Waals surface area contributed by atoms with Crippen LogP contribution in [0.3, 0.4) is 0 Å². The molecule has 0 spiro atoms. The Hall–Kier alpha value is -4.13. The summed E-state index contributed by atoms with van der Waals surface area (Å²) in [5, 5.41) is 11.3. The number of aliphatic hydroxyl groups is 1. The van der Waals surface area contributed by atoms with Crippen LogP contribution in [-0.4, -0.2) is 44.4 Å². The zero-order valence-electron chi connectivity index (χ0n) is 20.6. The number of hydrogen-bond donors (Lipinski definition) is 1. The van der Waals surface area contributed by atoms with Crippen LogP contribution in [0.15, 0.2) is 85.5 Å². The number of amides is 1. The Bertz CT molecular complexity index is 1240. The van der Waals surface area contributed by atoms with Crippen LogP contribution in [0.1, 0.15) is 48.9 Å². The van der Waals surface area contributed by atoms with E-state index in [9.17, 15) is 14.7 Å². The summed E-state index contributed by atoms with van der Waals surface area (Å²) < 4.78 is 7.44. The van der Waals surface area contributed by atoms with E-state index in [2.05, 4.69) is 25.4 Å². The van der Waals surface area contributed by atoms with Gasteiger partial charge in [-0.05, 0) is 47.7 Å². The van der Waals surface area contributed by atoms with Gasteiger partial charge >= 0.3 is 0 Å². The molecule has 0 aliphatic carbocycles. The first-order chi connectivity index (χ1) is 17.4. The van der Waals surface area contributed by atoms with Gasteiger partial charge < -0.3 is 19.3 Å². The lowest BCUT2D eigenvalue weighted by Crippen LogP contribution is -2.31. The van der Waals surface area contributed by atoms with Crippen molar-refractivity contribution in [3.05, 3.63) is 102 Å². The van der Waals surface area contributed by atoms with Crippen molar-refractivity contribution in [2.75, 3.05) is 13.2 Å². The second-order valence-corrected chi connectivity index (χ2v) is 9.09. The van der Waals surface area contributed by atoms with Crippen molar-refractivity contribution >= 4 is 17.4 Å². The van der Waals surface area contributed by atoms with Crippen LogP contribution in [0.5, 0.6) is 5.75 Å². The summed E-state index contributed by atoms with van der Waals surface area (Å²) in [4.78, 5) is 32.0. The van der Waals surface area contributed by atoms with Gasteiger partial charge in [0, 0.05) is 31.0 Å². The third kappa shape index (κ3) is 5.25. The topological polar surface area (TPSA) is 84.7 Å². The highest BCUT2D eigenvalue weighted by atomic mass is 16.5. The molecule has 1 amide bonds. The number of benzene rings is 2. The number of hydrogen-bond acceptors (Lipinski definition) is 5. The number of likely N-dealkylation sites (tertiary alicyclic amines) is 1. The van der Waals surface area contributed by atoms with Crippen molar-refractivity contribution in [2.24, 2.45) is 0 Å². The first-order valence-electron chi connectivity index (χ1n) is 12.1. The summed E-state index contributed by atoms with van der Waals surface area (Å²) in [5.74, 6) is -0.514. The monoisotopic (exact) mass is 485 g/mol. The molecule has 1 aliphatic heterocycles. The van der Waals surface area contributed by atoms with E-state index in [1.165, 1.54) is 0 Å². The second-order valence-electron chi connectivity index (χ2n) is 9.09. The van der Waals surface area contributed by atoms with Gasteiger partial charge in [0.25, 0.3) is 11.7 Å². The van der Waals surface area contributed by atoms with Gasteiger partial charge in [-0.15, -0.1) is 0 Å². The molecule has 7 nitrogen and oxygen atoms in total. The van der Waals surface area contributed by atoms with Crippen LogP contribution in [-0.2, 0) is 16.1 Å². The number of carbonyl (C=O) groups excluding carboxylic acids is 2. The number of rotatable bonds is 10. The maximum atomic E-state index is 13.2. The quantitative estimate of drug-likeness (QED) is 0.187. The van der Waals surface area contributed by atoms with Gasteiger partial charge in [-0.2, -0.15) is 0 Å². The highest BCUT2D eigenvalue weighted by Crippen LogP contribution is 2.40. The Morgan fingerprint density at radius 1 is 1.11 bits per heavy atom. The number of aromatic nitrogens is 2. The zero-order valence-corrected chi connectivity index (χ0v) is 20.6. The molecule has 1 saturated heterocycles. The van der Waals surface area contributed by atoms with Gasteiger partial charge in [-0.3, -0.25) is 9.59 Å². The van der Waals surface area contributed by atoms with Gasteiger partial charge in [-0.1, -0.05) is 50.8 Å². The summed E-state index contributed by atoms with van der Waals surface area (Å²) in [6.07, 6.45) is 7.57. The Balaban J connectivity index is 1.70. The maximum absolute atomic E-state index is 13.2. The SMILES string of the molecule is C=CCOc1ccc(/C(O)=C2/C(=O)C(=O)N(CCCn3ccnc3)C2c2ccc(C(C)C)cc2)cc1. The first kappa shape index (κ1) is 25.0. The van der Waals surface area contributed by atoms with E-state index in [1.54, 1.807) is 47.8 Å². The highest BCUT2D eigenvalue weighted by Gasteiger charge is 2.45. The van der Waals surface area contributed by atoms with Gasteiger partial charge in [0.2, 0.25) is 0 Å². The Kier molecular flexibility index (Phi) is 7.68. The van der Waals surface area contributed by atoms with E-state index in [1.807, 2.05) is 35.0 Å². The molecule has 0 radical (unpaired) electrons. The first-order valence-corrected chi connectivity index (χ1v) is 12.1. The predicted octanol–water partition coefficient (Wildman–Crippen LogP) is 5.08. The number of nitrogens with zero attached hydrogens (tertiary/aromatic N) is 3. The highest BCUT2D eigenvalue weighted by molar-refractivity contribution is 6.46. The minimum atomic E-state index is -0.681. The molecule has 2 aromatic carbocycles. The van der Waals surface area contributed by atoms with Crippen LogP contribution in [0.2, 0.25) is 0 Å². The fraction of sp³-hybridized carbons (Fsp3) is 0.276. The van der Waals surface area contributed by atoms with E-state index >= 15 is 0 Å². The molecule has 0 saturated carbocycles. The third-order valence-electron chi connectivity index (χ3n) is 6.33. The molecule has 36 heavy (non-hydrogen) atoms. The molecule has 3 aromatic rings. The Morgan fingerprint density at radius 2 is 1.83 bits per heavy atom. The molecule has 1 atom stereocenters. The van der Waals surface area contributed by atoms with Crippen molar-refractivity contribution < 1.29 is 19.4 Å². The molecule has 4 rings (SSSR count). The average molecular weight is 486 g/mol. The molecule has 1 aromatic heterocycles. The van der Waals surface area contributed by atoms with Crippen LogP contribution in [0.4, 0.5) is 0 Å². The lowest BCUT2D eigenvalue weighted by Gasteiger charge is -2.26. The van der Waals surface area contributed by atoms with E-state index in [0.29, 0.717) is 43.3 Å². The molecule has 2 heterocycles. The number of ketones is 1. The maximum Gasteiger partial charge on any atom is 0.295 e. The van der Waals surface area contributed by atoms with Crippen LogP contribution >= 0.6 is 0 Å². The molecule has 1 fully saturated rings. The Morgan fingerprint density at radius 3 is 2.44 bits per heavy atom. The van der Waals surface area contributed by atoms with E-state index in [-0.39, 0.29) is 11.3 Å². The van der Waals surface area contributed by atoms with Crippen molar-refractivity contribution in [3.63, 3.8) is 0 Å². The fourth-order valence-electron chi connectivity index (χ4n) is 4.38. The molecule has 186 valence electrons. The zero-order chi connectivity index (χ0) is 25.7. The van der Waals surface area contributed by atoms with Gasteiger partial charge in [0.05, 0.1) is 17.9 Å². The predicted molar refractivity (Wildman–Crippen MR) is 139 cm³/mol. The largest absolute Gasteiger partial charge is 0.507 e. The fourth-order valence-corrected chi connectivity index (χ4v) is 4.38. The summed E-state index contributed by atoms with van der Waals surface area (Å²) in [5.41, 5.74) is 2.49. The third-order valence-corrected chi connectivity index (χ3v) is 6.33. The van der Waals surface area contributed by atoms with Crippen molar-refractivity contribution in [1.29, 1.82) is 0 Å². The van der Waals surface area contributed by atoms with Crippen LogP contribution in [0.25, 0.3) is 5.76 Å². The molecular weight excluding hydrogens is 454 g/mol.